The molecule has 1 aliphatic carbocycles. The first kappa shape index (κ1) is 25.4. The number of fused-ring (bicyclic) bond motifs is 2. The van der Waals surface area contributed by atoms with E-state index in [2.05, 4.69) is 78.5 Å². The van der Waals surface area contributed by atoms with Crippen molar-refractivity contribution in [3.8, 4) is 0 Å². The first-order chi connectivity index (χ1) is 18.1. The Bertz CT molecular complexity index is 1130. The van der Waals surface area contributed by atoms with Crippen molar-refractivity contribution in [1.29, 1.82) is 0 Å². The lowest BCUT2D eigenvalue weighted by molar-refractivity contribution is 0.147. The molecule has 2 aromatic carbocycles. The molecule has 1 fully saturated rings. The molecular formula is C31H40N6. The van der Waals surface area contributed by atoms with E-state index in [1.54, 1.807) is 5.01 Å². The van der Waals surface area contributed by atoms with Gasteiger partial charge in [0.05, 0.1) is 0 Å². The second-order valence-electron chi connectivity index (χ2n) is 10.5. The number of aliphatic imine (C=N–C) groups is 2. The molecule has 194 valence electrons. The van der Waals surface area contributed by atoms with Crippen LogP contribution in [0, 0.1) is 0 Å². The normalized spacial score (nSPS) is 20.6. The maximum Gasteiger partial charge on any atom is 0.219 e. The average molecular weight is 497 g/mol. The van der Waals surface area contributed by atoms with Crippen molar-refractivity contribution in [2.75, 3.05) is 26.7 Å². The summed E-state index contributed by atoms with van der Waals surface area (Å²) in [5.74, 6) is 8.51. The van der Waals surface area contributed by atoms with Gasteiger partial charge >= 0.3 is 0 Å². The van der Waals surface area contributed by atoms with Crippen molar-refractivity contribution >= 4 is 11.8 Å². The van der Waals surface area contributed by atoms with Crippen LogP contribution in [0.15, 0.2) is 83.8 Å². The highest BCUT2D eigenvalue weighted by molar-refractivity contribution is 5.98. The van der Waals surface area contributed by atoms with Crippen LogP contribution >= 0.6 is 0 Å². The summed E-state index contributed by atoms with van der Waals surface area (Å²) >= 11 is 0. The summed E-state index contributed by atoms with van der Waals surface area (Å²) in [7, 11) is 2.30. The van der Waals surface area contributed by atoms with Crippen LogP contribution in [0.4, 0.5) is 0 Å². The van der Waals surface area contributed by atoms with Gasteiger partial charge in [0.25, 0.3) is 0 Å². The lowest BCUT2D eigenvalue weighted by Crippen LogP contribution is -2.57. The van der Waals surface area contributed by atoms with E-state index in [4.69, 9.17) is 15.8 Å². The van der Waals surface area contributed by atoms with Crippen LogP contribution in [0.5, 0.6) is 0 Å². The SMILES string of the molecule is C=CCC1=NC(CC=C)N(N)C(N2CCC(N(C)CC3c4ccccc4CCc4ccccc43)CC2)=N1. The van der Waals surface area contributed by atoms with Gasteiger partial charge in [-0.05, 0) is 55.0 Å². The number of benzene rings is 2. The van der Waals surface area contributed by atoms with E-state index < -0.39 is 0 Å². The van der Waals surface area contributed by atoms with E-state index in [1.807, 2.05) is 12.2 Å². The largest absolute Gasteiger partial charge is 0.341 e. The second-order valence-corrected chi connectivity index (χ2v) is 10.5. The van der Waals surface area contributed by atoms with E-state index in [0.717, 1.165) is 57.1 Å². The Morgan fingerprint density at radius 3 is 2.19 bits per heavy atom. The van der Waals surface area contributed by atoms with Crippen molar-refractivity contribution in [3.05, 3.63) is 96.1 Å². The third kappa shape index (κ3) is 5.41. The number of aryl methyl sites for hydroxylation is 2. The van der Waals surface area contributed by atoms with Crippen molar-refractivity contribution in [3.63, 3.8) is 0 Å². The van der Waals surface area contributed by atoms with E-state index in [9.17, 15) is 0 Å². The van der Waals surface area contributed by atoms with Gasteiger partial charge in [-0.3, -0.25) is 5.01 Å². The van der Waals surface area contributed by atoms with Crippen molar-refractivity contribution in [2.45, 2.75) is 56.7 Å². The predicted octanol–water partition coefficient (Wildman–Crippen LogP) is 4.74. The molecule has 0 amide bonds. The molecule has 2 N–H and O–H groups in total. The first-order valence-corrected chi connectivity index (χ1v) is 13.6. The van der Waals surface area contributed by atoms with E-state index in [0.29, 0.717) is 24.8 Å². The van der Waals surface area contributed by atoms with Gasteiger partial charge in [-0.15, -0.1) is 13.2 Å². The highest BCUT2D eigenvalue weighted by atomic mass is 15.6. The molecule has 0 bridgehead atoms. The van der Waals surface area contributed by atoms with Gasteiger partial charge in [0.1, 0.15) is 12.0 Å². The van der Waals surface area contributed by atoms with Gasteiger partial charge < -0.3 is 9.80 Å². The molecule has 6 heteroatoms. The highest BCUT2D eigenvalue weighted by Gasteiger charge is 2.32. The number of rotatable bonds is 7. The zero-order valence-electron chi connectivity index (χ0n) is 22.1. The number of amidine groups is 1. The highest BCUT2D eigenvalue weighted by Crippen LogP contribution is 2.35. The number of likely N-dealkylation sites (tertiary alicyclic amines) is 1. The van der Waals surface area contributed by atoms with Gasteiger partial charge in [-0.25, -0.2) is 10.8 Å². The molecule has 5 rings (SSSR count). The topological polar surface area (TPSA) is 60.5 Å². The van der Waals surface area contributed by atoms with Gasteiger partial charge in [0.15, 0.2) is 0 Å². The number of piperidine rings is 1. The zero-order valence-corrected chi connectivity index (χ0v) is 22.1. The monoisotopic (exact) mass is 496 g/mol. The average Bonchev–Trinajstić information content (AvgIpc) is 3.08. The van der Waals surface area contributed by atoms with Gasteiger partial charge in [0, 0.05) is 44.4 Å². The molecule has 6 nitrogen and oxygen atoms in total. The predicted molar refractivity (Wildman–Crippen MR) is 154 cm³/mol. The Morgan fingerprint density at radius 1 is 0.973 bits per heavy atom. The van der Waals surface area contributed by atoms with E-state index >= 15 is 0 Å². The maximum atomic E-state index is 6.49. The third-order valence-corrected chi connectivity index (χ3v) is 8.15. The Kier molecular flexibility index (Phi) is 7.87. The summed E-state index contributed by atoms with van der Waals surface area (Å²) in [6.45, 7) is 10.6. The molecule has 2 aromatic rings. The number of hydrazine groups is 1. The first-order valence-electron chi connectivity index (χ1n) is 13.6. The van der Waals surface area contributed by atoms with Crippen LogP contribution in [-0.4, -0.2) is 65.5 Å². The standard InChI is InChI=1S/C31H40N6/c1-4-10-29-33-30(11-5-2)37(32)31(34-29)36-20-18-25(19-21-36)35(3)22-28-26-14-8-6-12-23(26)16-17-24-13-7-9-15-27(24)28/h4-9,12-15,25,28,30H,1-2,10-11,16-22,32H2,3H3. The van der Waals surface area contributed by atoms with Crippen LogP contribution in [0.25, 0.3) is 0 Å². The smallest absolute Gasteiger partial charge is 0.219 e. The van der Waals surface area contributed by atoms with Gasteiger partial charge in [-0.1, -0.05) is 60.7 Å². The summed E-state index contributed by atoms with van der Waals surface area (Å²) in [5, 5.41) is 1.72. The molecule has 0 radical (unpaired) electrons. The molecular weight excluding hydrogens is 456 g/mol. The lowest BCUT2D eigenvalue weighted by atomic mass is 9.87. The van der Waals surface area contributed by atoms with Crippen molar-refractivity contribution < 1.29 is 0 Å². The molecule has 0 aromatic heterocycles. The van der Waals surface area contributed by atoms with Crippen LogP contribution in [0.1, 0.15) is 53.9 Å². The number of nitrogens with zero attached hydrogens (tertiary/aromatic N) is 5. The summed E-state index contributed by atoms with van der Waals surface area (Å²) in [6, 6.07) is 18.6. The number of hydrogen-bond acceptors (Lipinski definition) is 6. The van der Waals surface area contributed by atoms with Crippen molar-refractivity contribution in [1.82, 2.24) is 14.8 Å². The molecule has 3 aliphatic rings. The van der Waals surface area contributed by atoms with Crippen molar-refractivity contribution in [2.24, 2.45) is 15.8 Å². The van der Waals surface area contributed by atoms with Crippen LogP contribution in [-0.2, 0) is 12.8 Å². The summed E-state index contributed by atoms with van der Waals surface area (Å²) in [5.41, 5.74) is 5.98. The number of hydrogen-bond donors (Lipinski definition) is 1. The molecule has 1 unspecified atom stereocenters. The third-order valence-electron chi connectivity index (χ3n) is 8.15. The number of likely N-dealkylation sites (N-methyl/N-ethyl adjacent to an activating group) is 1. The summed E-state index contributed by atoms with van der Waals surface area (Å²) in [4.78, 5) is 14.4. The van der Waals surface area contributed by atoms with Gasteiger partial charge in [0.2, 0.25) is 5.96 Å². The molecule has 1 atom stereocenters. The Balaban J connectivity index is 1.29. The maximum absolute atomic E-state index is 6.49. The van der Waals surface area contributed by atoms with Gasteiger partial charge in [-0.2, -0.15) is 4.99 Å². The van der Waals surface area contributed by atoms with E-state index in [1.165, 1.54) is 22.3 Å². The summed E-state index contributed by atoms with van der Waals surface area (Å²) < 4.78 is 0. The lowest BCUT2D eigenvalue weighted by Gasteiger charge is -2.42. The Hall–Kier alpha value is -3.22. The fraction of sp³-hybridized carbons (Fsp3) is 0.419. The molecule has 0 spiro atoms. The van der Waals surface area contributed by atoms with E-state index in [-0.39, 0.29) is 6.17 Å². The van der Waals surface area contributed by atoms with Crippen LogP contribution < -0.4 is 5.84 Å². The number of guanidine groups is 1. The summed E-state index contributed by atoms with van der Waals surface area (Å²) in [6.07, 6.45) is 9.31. The Morgan fingerprint density at radius 2 is 1.59 bits per heavy atom. The minimum atomic E-state index is -0.157. The Labute approximate surface area is 221 Å². The fourth-order valence-electron chi connectivity index (χ4n) is 6.13. The fourth-order valence-corrected chi connectivity index (χ4v) is 6.13. The molecule has 37 heavy (non-hydrogen) atoms. The quantitative estimate of drug-likeness (QED) is 0.445. The molecule has 0 saturated carbocycles. The molecule has 1 saturated heterocycles. The minimum absolute atomic E-state index is 0.157. The number of nitrogens with two attached hydrogens (primary N) is 1. The van der Waals surface area contributed by atoms with Crippen LogP contribution in [0.2, 0.25) is 0 Å². The molecule has 2 heterocycles. The zero-order chi connectivity index (χ0) is 25.8. The second kappa shape index (κ2) is 11.4. The van der Waals surface area contributed by atoms with Crippen LogP contribution in [0.3, 0.4) is 0 Å². The molecule has 2 aliphatic heterocycles. The minimum Gasteiger partial charge on any atom is -0.341 e.